The molecule has 0 saturated heterocycles. The van der Waals surface area contributed by atoms with Crippen LogP contribution in [0.1, 0.15) is 11.1 Å². The quantitative estimate of drug-likeness (QED) is 0.570. The van der Waals surface area contributed by atoms with Gasteiger partial charge >= 0.3 is 0 Å². The fourth-order valence-electron chi connectivity index (χ4n) is 1.37. The third-order valence-corrected chi connectivity index (χ3v) is 1.85. The Hall–Kier alpha value is -1.58. The maximum absolute atomic E-state index is 13.3. The van der Waals surface area contributed by atoms with Crippen LogP contribution < -0.4 is 10.5 Å². The molecule has 0 aliphatic heterocycles. The molecule has 1 aromatic rings. The van der Waals surface area contributed by atoms with Crippen molar-refractivity contribution in [1.29, 1.82) is 5.41 Å². The highest BCUT2D eigenvalue weighted by Crippen LogP contribution is 2.24. The summed E-state index contributed by atoms with van der Waals surface area (Å²) in [6.07, 6.45) is 0.210. The fourth-order valence-corrected chi connectivity index (χ4v) is 1.37. The van der Waals surface area contributed by atoms with Crippen molar-refractivity contribution in [3.63, 3.8) is 0 Å². The molecular weight excluding hydrogens is 183 g/mol. The van der Waals surface area contributed by atoms with Crippen molar-refractivity contribution in [3.8, 4) is 5.75 Å². The number of nitrogens with two attached hydrogens (primary N) is 1. The molecule has 0 fully saturated rings. The molecule has 0 amide bonds. The molecule has 0 spiro atoms. The summed E-state index contributed by atoms with van der Waals surface area (Å²) in [7, 11) is 1.40. The number of benzene rings is 1. The summed E-state index contributed by atoms with van der Waals surface area (Å²) in [5.74, 6) is -0.247. The Morgan fingerprint density at radius 1 is 1.57 bits per heavy atom. The normalized spacial score (nSPS) is 9.93. The first kappa shape index (κ1) is 10.5. The van der Waals surface area contributed by atoms with Crippen molar-refractivity contribution >= 4 is 5.84 Å². The molecule has 0 aromatic heterocycles. The molecule has 4 heteroatoms. The van der Waals surface area contributed by atoms with Gasteiger partial charge < -0.3 is 10.5 Å². The van der Waals surface area contributed by atoms with Gasteiger partial charge in [0.25, 0.3) is 0 Å². The first-order valence-corrected chi connectivity index (χ1v) is 4.20. The average molecular weight is 196 g/mol. The number of methoxy groups -OCH3 is 1. The van der Waals surface area contributed by atoms with Crippen LogP contribution in [0, 0.1) is 18.2 Å². The zero-order chi connectivity index (χ0) is 10.7. The van der Waals surface area contributed by atoms with Crippen molar-refractivity contribution in [2.75, 3.05) is 7.11 Å². The van der Waals surface area contributed by atoms with Crippen molar-refractivity contribution in [3.05, 3.63) is 29.1 Å². The highest BCUT2D eigenvalue weighted by molar-refractivity contribution is 5.80. The van der Waals surface area contributed by atoms with Crippen LogP contribution in [-0.2, 0) is 6.42 Å². The summed E-state index contributed by atoms with van der Waals surface area (Å²) >= 11 is 0. The lowest BCUT2D eigenvalue weighted by molar-refractivity contribution is 0.382. The number of ether oxygens (including phenoxy) is 1. The second kappa shape index (κ2) is 4.09. The Morgan fingerprint density at radius 3 is 2.71 bits per heavy atom. The Morgan fingerprint density at radius 2 is 2.21 bits per heavy atom. The maximum atomic E-state index is 13.3. The lowest BCUT2D eigenvalue weighted by Gasteiger charge is -2.09. The molecule has 0 bridgehead atoms. The van der Waals surface area contributed by atoms with Crippen LogP contribution in [0.2, 0.25) is 0 Å². The maximum Gasteiger partial charge on any atom is 0.165 e. The first-order chi connectivity index (χ1) is 6.54. The second-order valence-electron chi connectivity index (χ2n) is 3.14. The van der Waals surface area contributed by atoms with Gasteiger partial charge in [-0.05, 0) is 18.6 Å². The van der Waals surface area contributed by atoms with Gasteiger partial charge in [-0.3, -0.25) is 5.41 Å². The van der Waals surface area contributed by atoms with E-state index in [1.54, 1.807) is 13.0 Å². The van der Waals surface area contributed by atoms with Crippen molar-refractivity contribution in [2.24, 2.45) is 5.73 Å². The molecule has 0 radical (unpaired) electrons. The number of hydrogen-bond donors (Lipinski definition) is 2. The third kappa shape index (κ3) is 2.22. The van der Waals surface area contributed by atoms with Crippen LogP contribution in [-0.4, -0.2) is 12.9 Å². The lowest BCUT2D eigenvalue weighted by Crippen LogP contribution is -2.14. The molecule has 1 aromatic carbocycles. The summed E-state index contributed by atoms with van der Waals surface area (Å²) in [5.41, 5.74) is 6.65. The molecule has 76 valence electrons. The standard InChI is InChI=1S/C10H13FN2O/c1-6-3-7(5-9(12)13)10(14-2)8(11)4-6/h3-4H,5H2,1-2H3,(H3,12,13). The highest BCUT2D eigenvalue weighted by Gasteiger charge is 2.10. The Labute approximate surface area is 82.2 Å². The Bertz CT molecular complexity index is 363. The smallest absolute Gasteiger partial charge is 0.165 e. The summed E-state index contributed by atoms with van der Waals surface area (Å²) in [6, 6.07) is 3.16. The predicted octanol–water partition coefficient (Wildman–Crippen LogP) is 1.62. The lowest BCUT2D eigenvalue weighted by atomic mass is 10.1. The van der Waals surface area contributed by atoms with E-state index in [0.717, 1.165) is 5.56 Å². The van der Waals surface area contributed by atoms with E-state index in [4.69, 9.17) is 15.9 Å². The summed E-state index contributed by atoms with van der Waals surface area (Å²) in [5, 5.41) is 7.14. The zero-order valence-electron chi connectivity index (χ0n) is 8.23. The predicted molar refractivity (Wildman–Crippen MR) is 53.3 cm³/mol. The second-order valence-corrected chi connectivity index (χ2v) is 3.14. The van der Waals surface area contributed by atoms with E-state index in [1.165, 1.54) is 13.2 Å². The molecule has 14 heavy (non-hydrogen) atoms. The molecule has 0 atom stereocenters. The largest absolute Gasteiger partial charge is 0.493 e. The van der Waals surface area contributed by atoms with Gasteiger partial charge in [0, 0.05) is 12.0 Å². The number of hydrogen-bond acceptors (Lipinski definition) is 2. The van der Waals surface area contributed by atoms with E-state index >= 15 is 0 Å². The third-order valence-electron chi connectivity index (χ3n) is 1.85. The molecule has 1 rings (SSSR count). The number of rotatable bonds is 3. The van der Waals surface area contributed by atoms with Gasteiger partial charge in [0.2, 0.25) is 0 Å². The van der Waals surface area contributed by atoms with Crippen molar-refractivity contribution < 1.29 is 9.13 Å². The van der Waals surface area contributed by atoms with Gasteiger partial charge in [-0.2, -0.15) is 0 Å². The molecule has 0 aliphatic rings. The zero-order valence-corrected chi connectivity index (χ0v) is 8.23. The molecule has 0 heterocycles. The van der Waals surface area contributed by atoms with Crippen LogP contribution in [0.15, 0.2) is 12.1 Å². The monoisotopic (exact) mass is 196 g/mol. The van der Waals surface area contributed by atoms with Gasteiger partial charge in [0.05, 0.1) is 12.9 Å². The molecule has 3 nitrogen and oxygen atoms in total. The molecular formula is C10H13FN2O. The van der Waals surface area contributed by atoms with Gasteiger partial charge in [0.1, 0.15) is 0 Å². The van der Waals surface area contributed by atoms with Crippen molar-refractivity contribution in [1.82, 2.24) is 0 Å². The molecule has 0 unspecified atom stereocenters. The Kier molecular flexibility index (Phi) is 3.06. The highest BCUT2D eigenvalue weighted by atomic mass is 19.1. The number of amidine groups is 1. The van der Waals surface area contributed by atoms with Crippen LogP contribution in [0.25, 0.3) is 0 Å². The molecule has 0 aliphatic carbocycles. The van der Waals surface area contributed by atoms with Gasteiger partial charge in [0.15, 0.2) is 11.6 Å². The molecule has 3 N–H and O–H groups in total. The van der Waals surface area contributed by atoms with E-state index in [-0.39, 0.29) is 18.0 Å². The number of halogens is 1. The number of nitrogens with one attached hydrogen (secondary N) is 1. The van der Waals surface area contributed by atoms with E-state index in [9.17, 15) is 4.39 Å². The minimum atomic E-state index is -0.413. The molecule has 0 saturated carbocycles. The summed E-state index contributed by atoms with van der Waals surface area (Å²) < 4.78 is 18.2. The fraction of sp³-hybridized carbons (Fsp3) is 0.300. The van der Waals surface area contributed by atoms with E-state index < -0.39 is 5.82 Å². The summed E-state index contributed by atoms with van der Waals surface area (Å²) in [4.78, 5) is 0. The van der Waals surface area contributed by atoms with Gasteiger partial charge in [-0.1, -0.05) is 6.07 Å². The average Bonchev–Trinajstić information content (AvgIpc) is 2.01. The van der Waals surface area contributed by atoms with Crippen LogP contribution >= 0.6 is 0 Å². The van der Waals surface area contributed by atoms with Crippen molar-refractivity contribution in [2.45, 2.75) is 13.3 Å². The number of aryl methyl sites for hydroxylation is 1. The van der Waals surface area contributed by atoms with E-state index in [1.807, 2.05) is 0 Å². The van der Waals surface area contributed by atoms with E-state index in [2.05, 4.69) is 0 Å². The SMILES string of the molecule is COc1c(F)cc(C)cc1CC(=N)N. The summed E-state index contributed by atoms with van der Waals surface area (Å²) in [6.45, 7) is 1.78. The minimum Gasteiger partial charge on any atom is -0.493 e. The van der Waals surface area contributed by atoms with Crippen LogP contribution in [0.4, 0.5) is 4.39 Å². The van der Waals surface area contributed by atoms with Gasteiger partial charge in [-0.15, -0.1) is 0 Å². The van der Waals surface area contributed by atoms with Crippen LogP contribution in [0.3, 0.4) is 0 Å². The topological polar surface area (TPSA) is 59.1 Å². The Balaban J connectivity index is 3.17. The van der Waals surface area contributed by atoms with Gasteiger partial charge in [-0.25, -0.2) is 4.39 Å². The van der Waals surface area contributed by atoms with E-state index in [0.29, 0.717) is 5.56 Å². The van der Waals surface area contributed by atoms with Crippen LogP contribution in [0.5, 0.6) is 5.75 Å². The first-order valence-electron chi connectivity index (χ1n) is 4.20. The minimum absolute atomic E-state index is 0.00620.